The number of fused-ring (bicyclic) bond motifs is 1. The number of carbonyl (C=O) groups is 1. The number of nitrogens with one attached hydrogen (secondary N) is 2. The molecule has 1 aliphatic heterocycles. The van der Waals surface area contributed by atoms with Crippen molar-refractivity contribution in [2.45, 2.75) is 26.2 Å². The van der Waals surface area contributed by atoms with Gasteiger partial charge in [0.2, 0.25) is 11.9 Å². The maximum Gasteiger partial charge on any atom is 0.225 e. The Morgan fingerprint density at radius 1 is 1.39 bits per heavy atom. The standard InChI is InChI=1S/C21H24ClN5O/c1-14-6-8-24-21(26-14)27-10-2-3-16(13-27)20(28)23-9-7-15-12-25-19-5-4-17(22)11-18(15)19/h4-6,8,11-12,16,25H,2-3,7,9-10,13H2,1H3,(H,23,28)/t16-/m0/s1. The Morgan fingerprint density at radius 3 is 3.14 bits per heavy atom. The van der Waals surface area contributed by atoms with Crippen LogP contribution in [-0.2, 0) is 11.2 Å². The fraction of sp³-hybridized carbons (Fsp3) is 0.381. The van der Waals surface area contributed by atoms with Gasteiger partial charge in [-0.25, -0.2) is 9.97 Å². The fourth-order valence-electron chi connectivity index (χ4n) is 3.78. The maximum absolute atomic E-state index is 12.7. The molecular formula is C21H24ClN5O. The van der Waals surface area contributed by atoms with Gasteiger partial charge in [0, 0.05) is 53.6 Å². The van der Waals surface area contributed by atoms with E-state index in [0.29, 0.717) is 19.0 Å². The number of anilines is 1. The van der Waals surface area contributed by atoms with Crippen LogP contribution in [0.25, 0.3) is 10.9 Å². The predicted molar refractivity (Wildman–Crippen MR) is 112 cm³/mol. The highest BCUT2D eigenvalue weighted by molar-refractivity contribution is 6.31. The lowest BCUT2D eigenvalue weighted by Gasteiger charge is -2.32. The van der Waals surface area contributed by atoms with Crippen molar-refractivity contribution in [2.75, 3.05) is 24.5 Å². The molecular weight excluding hydrogens is 374 g/mol. The van der Waals surface area contributed by atoms with Gasteiger partial charge in [-0.2, -0.15) is 0 Å². The molecule has 1 amide bonds. The van der Waals surface area contributed by atoms with E-state index in [2.05, 4.69) is 25.2 Å². The first-order chi connectivity index (χ1) is 13.6. The molecule has 0 radical (unpaired) electrons. The lowest BCUT2D eigenvalue weighted by molar-refractivity contribution is -0.125. The van der Waals surface area contributed by atoms with E-state index in [9.17, 15) is 4.79 Å². The number of nitrogens with zero attached hydrogens (tertiary/aromatic N) is 3. The largest absolute Gasteiger partial charge is 0.361 e. The van der Waals surface area contributed by atoms with E-state index < -0.39 is 0 Å². The Hall–Kier alpha value is -2.60. The van der Waals surface area contributed by atoms with E-state index in [4.69, 9.17) is 11.6 Å². The molecule has 2 aromatic heterocycles. The second-order valence-electron chi connectivity index (χ2n) is 7.33. The van der Waals surface area contributed by atoms with Crippen molar-refractivity contribution in [3.8, 4) is 0 Å². The highest BCUT2D eigenvalue weighted by Gasteiger charge is 2.27. The van der Waals surface area contributed by atoms with Crippen LogP contribution < -0.4 is 10.2 Å². The third-order valence-electron chi connectivity index (χ3n) is 5.28. The Kier molecular flexibility index (Phi) is 5.48. The molecule has 1 aliphatic rings. The monoisotopic (exact) mass is 397 g/mol. The summed E-state index contributed by atoms with van der Waals surface area (Å²) in [5.74, 6) is 0.790. The molecule has 0 spiro atoms. The molecule has 0 aliphatic carbocycles. The van der Waals surface area contributed by atoms with Crippen molar-refractivity contribution in [1.82, 2.24) is 20.3 Å². The van der Waals surface area contributed by atoms with Gasteiger partial charge in [-0.1, -0.05) is 11.6 Å². The molecule has 4 rings (SSSR count). The molecule has 1 atom stereocenters. The Morgan fingerprint density at radius 2 is 2.29 bits per heavy atom. The summed E-state index contributed by atoms with van der Waals surface area (Å²) < 4.78 is 0. The summed E-state index contributed by atoms with van der Waals surface area (Å²) >= 11 is 6.11. The summed E-state index contributed by atoms with van der Waals surface area (Å²) in [4.78, 5) is 26.9. The number of hydrogen-bond acceptors (Lipinski definition) is 4. The van der Waals surface area contributed by atoms with Crippen LogP contribution in [0.4, 0.5) is 5.95 Å². The van der Waals surface area contributed by atoms with Gasteiger partial charge in [-0.05, 0) is 56.0 Å². The third kappa shape index (κ3) is 4.12. The van der Waals surface area contributed by atoms with Gasteiger partial charge in [0.15, 0.2) is 0 Å². The van der Waals surface area contributed by atoms with Gasteiger partial charge in [0.05, 0.1) is 5.92 Å². The van der Waals surface area contributed by atoms with Gasteiger partial charge in [0.1, 0.15) is 0 Å². The first-order valence-electron chi connectivity index (χ1n) is 9.68. The predicted octanol–water partition coefficient (Wildman–Crippen LogP) is 3.50. The Labute approximate surface area is 169 Å². The average Bonchev–Trinajstić information content (AvgIpc) is 3.10. The second-order valence-corrected chi connectivity index (χ2v) is 7.76. The minimum atomic E-state index is -0.0322. The molecule has 6 nitrogen and oxygen atoms in total. The number of benzene rings is 1. The molecule has 7 heteroatoms. The highest BCUT2D eigenvalue weighted by atomic mass is 35.5. The SMILES string of the molecule is Cc1ccnc(N2CCC[C@H](C(=O)NCCc3c[nH]c4ccc(Cl)cc34)C2)n1. The van der Waals surface area contributed by atoms with E-state index >= 15 is 0 Å². The molecule has 1 saturated heterocycles. The number of aryl methyl sites for hydroxylation is 1. The van der Waals surface area contributed by atoms with Crippen molar-refractivity contribution in [2.24, 2.45) is 5.92 Å². The van der Waals surface area contributed by atoms with Crippen LogP contribution >= 0.6 is 11.6 Å². The van der Waals surface area contributed by atoms with E-state index in [1.54, 1.807) is 6.20 Å². The summed E-state index contributed by atoms with van der Waals surface area (Å²) in [5.41, 5.74) is 3.17. The average molecular weight is 398 g/mol. The normalized spacial score (nSPS) is 17.1. The van der Waals surface area contributed by atoms with E-state index in [0.717, 1.165) is 53.0 Å². The lowest BCUT2D eigenvalue weighted by Crippen LogP contribution is -2.44. The topological polar surface area (TPSA) is 73.9 Å². The number of hydrogen-bond donors (Lipinski definition) is 2. The minimum Gasteiger partial charge on any atom is -0.361 e. The molecule has 3 heterocycles. The van der Waals surface area contributed by atoms with Crippen LogP contribution in [0.15, 0.2) is 36.7 Å². The number of carbonyl (C=O) groups excluding carboxylic acids is 1. The van der Waals surface area contributed by atoms with E-state index in [1.165, 1.54) is 0 Å². The third-order valence-corrected chi connectivity index (χ3v) is 5.52. The number of halogens is 1. The number of aromatic nitrogens is 3. The molecule has 0 bridgehead atoms. The molecule has 1 aromatic carbocycles. The van der Waals surface area contributed by atoms with Crippen LogP contribution in [0.3, 0.4) is 0 Å². The van der Waals surface area contributed by atoms with Gasteiger partial charge >= 0.3 is 0 Å². The van der Waals surface area contributed by atoms with Crippen molar-refractivity contribution >= 4 is 34.4 Å². The van der Waals surface area contributed by atoms with Gasteiger partial charge in [-0.3, -0.25) is 4.79 Å². The number of aromatic amines is 1. The zero-order valence-electron chi connectivity index (χ0n) is 15.9. The molecule has 0 saturated carbocycles. The Bertz CT molecular complexity index is 986. The van der Waals surface area contributed by atoms with Crippen molar-refractivity contribution in [1.29, 1.82) is 0 Å². The molecule has 3 aromatic rings. The zero-order chi connectivity index (χ0) is 19.5. The van der Waals surface area contributed by atoms with Crippen LogP contribution in [0.1, 0.15) is 24.1 Å². The molecule has 0 unspecified atom stereocenters. The first kappa shape index (κ1) is 18.7. The van der Waals surface area contributed by atoms with Crippen molar-refractivity contribution < 1.29 is 4.79 Å². The second kappa shape index (κ2) is 8.19. The molecule has 2 N–H and O–H groups in total. The van der Waals surface area contributed by atoms with Crippen LogP contribution in [0.5, 0.6) is 0 Å². The Balaban J connectivity index is 1.33. The summed E-state index contributed by atoms with van der Waals surface area (Å²) in [5, 5.41) is 4.93. The van der Waals surface area contributed by atoms with Gasteiger partial charge in [-0.15, -0.1) is 0 Å². The number of piperidine rings is 1. The summed E-state index contributed by atoms with van der Waals surface area (Å²) in [6.45, 7) is 4.12. The highest BCUT2D eigenvalue weighted by Crippen LogP contribution is 2.23. The fourth-order valence-corrected chi connectivity index (χ4v) is 3.96. The van der Waals surface area contributed by atoms with Crippen LogP contribution in [0, 0.1) is 12.8 Å². The van der Waals surface area contributed by atoms with Crippen LogP contribution in [0.2, 0.25) is 5.02 Å². The van der Waals surface area contributed by atoms with Gasteiger partial charge in [0.25, 0.3) is 0 Å². The summed E-state index contributed by atoms with van der Waals surface area (Å²) in [6.07, 6.45) is 6.40. The maximum atomic E-state index is 12.7. The summed E-state index contributed by atoms with van der Waals surface area (Å²) in [7, 11) is 0. The first-order valence-corrected chi connectivity index (χ1v) is 10.1. The minimum absolute atomic E-state index is 0.0322. The molecule has 28 heavy (non-hydrogen) atoms. The number of H-pyrrole nitrogens is 1. The number of rotatable bonds is 5. The van der Waals surface area contributed by atoms with Gasteiger partial charge < -0.3 is 15.2 Å². The quantitative estimate of drug-likeness (QED) is 0.691. The molecule has 146 valence electrons. The molecule has 1 fully saturated rings. The van der Waals surface area contributed by atoms with E-state index in [-0.39, 0.29) is 11.8 Å². The van der Waals surface area contributed by atoms with Crippen molar-refractivity contribution in [3.05, 3.63) is 52.9 Å². The zero-order valence-corrected chi connectivity index (χ0v) is 16.7. The van der Waals surface area contributed by atoms with Crippen molar-refractivity contribution in [3.63, 3.8) is 0 Å². The van der Waals surface area contributed by atoms with Crippen LogP contribution in [-0.4, -0.2) is 40.5 Å². The smallest absolute Gasteiger partial charge is 0.225 e. The summed E-state index contributed by atoms with van der Waals surface area (Å²) in [6, 6.07) is 7.70. The lowest BCUT2D eigenvalue weighted by atomic mass is 9.97. The number of amides is 1. The van der Waals surface area contributed by atoms with E-state index in [1.807, 2.05) is 37.4 Å².